The maximum absolute atomic E-state index is 12.3. The van der Waals surface area contributed by atoms with Gasteiger partial charge in [-0.05, 0) is 69.6 Å². The molecule has 1 saturated heterocycles. The van der Waals surface area contributed by atoms with Gasteiger partial charge in [0.2, 0.25) is 10.0 Å². The molecule has 22 heavy (non-hydrogen) atoms. The molecular weight excluding hydrogens is 300 g/mol. The summed E-state index contributed by atoms with van der Waals surface area (Å²) in [5.74, 6) is 1.13. The number of nitrogens with one attached hydrogen (secondary N) is 1. The lowest BCUT2D eigenvalue weighted by Crippen LogP contribution is -2.36. The van der Waals surface area contributed by atoms with E-state index < -0.39 is 10.0 Å². The number of benzene rings is 1. The van der Waals surface area contributed by atoms with Gasteiger partial charge >= 0.3 is 0 Å². The molecule has 0 amide bonds. The maximum atomic E-state index is 12.3. The molecule has 0 atom stereocenters. The predicted octanol–water partition coefficient (Wildman–Crippen LogP) is 2.10. The Hall–Kier alpha value is -1.11. The molecule has 1 aliphatic heterocycles. The summed E-state index contributed by atoms with van der Waals surface area (Å²) < 4.78 is 32.8. The van der Waals surface area contributed by atoms with Crippen LogP contribution in [-0.2, 0) is 10.0 Å². The van der Waals surface area contributed by atoms with Crippen LogP contribution in [0.4, 0.5) is 0 Å². The number of sulfonamides is 1. The molecule has 0 saturated carbocycles. The van der Waals surface area contributed by atoms with Crippen LogP contribution in [0.3, 0.4) is 0 Å². The molecular formula is C16H26N2O3S. The monoisotopic (exact) mass is 326 g/mol. The Morgan fingerprint density at radius 2 is 1.86 bits per heavy atom. The van der Waals surface area contributed by atoms with Crippen LogP contribution in [0.25, 0.3) is 0 Å². The quantitative estimate of drug-likeness (QED) is 0.833. The number of rotatable bonds is 7. The van der Waals surface area contributed by atoms with Crippen molar-refractivity contribution in [1.82, 2.24) is 9.62 Å². The van der Waals surface area contributed by atoms with E-state index in [0.29, 0.717) is 29.7 Å². The van der Waals surface area contributed by atoms with Crippen molar-refractivity contribution >= 4 is 10.0 Å². The third kappa shape index (κ3) is 4.97. The van der Waals surface area contributed by atoms with Crippen molar-refractivity contribution in [3.05, 3.63) is 24.3 Å². The zero-order chi connectivity index (χ0) is 16.0. The molecule has 1 aliphatic rings. The Balaban J connectivity index is 1.89. The van der Waals surface area contributed by atoms with Crippen molar-refractivity contribution < 1.29 is 13.2 Å². The van der Waals surface area contributed by atoms with Crippen LogP contribution in [0.5, 0.6) is 5.75 Å². The first-order valence-electron chi connectivity index (χ1n) is 7.92. The maximum Gasteiger partial charge on any atom is 0.240 e. The van der Waals surface area contributed by atoms with Crippen LogP contribution < -0.4 is 9.46 Å². The largest absolute Gasteiger partial charge is 0.494 e. The first kappa shape index (κ1) is 17.2. The zero-order valence-electron chi connectivity index (χ0n) is 13.4. The molecule has 0 aromatic heterocycles. The van der Waals surface area contributed by atoms with Crippen molar-refractivity contribution in [3.63, 3.8) is 0 Å². The van der Waals surface area contributed by atoms with Crippen LogP contribution in [0.15, 0.2) is 29.2 Å². The number of ether oxygens (including phenoxy) is 1. The Morgan fingerprint density at radius 1 is 1.23 bits per heavy atom. The van der Waals surface area contributed by atoms with E-state index in [2.05, 4.69) is 16.7 Å². The van der Waals surface area contributed by atoms with Crippen molar-refractivity contribution in [2.45, 2.75) is 31.1 Å². The van der Waals surface area contributed by atoms with E-state index in [1.54, 1.807) is 24.3 Å². The molecule has 1 aromatic carbocycles. The Morgan fingerprint density at radius 3 is 2.45 bits per heavy atom. The second kappa shape index (κ2) is 7.94. The van der Waals surface area contributed by atoms with Gasteiger partial charge in [-0.15, -0.1) is 0 Å². The highest BCUT2D eigenvalue weighted by atomic mass is 32.2. The smallest absolute Gasteiger partial charge is 0.240 e. The fourth-order valence-electron chi connectivity index (χ4n) is 2.51. The van der Waals surface area contributed by atoms with Crippen molar-refractivity contribution in [1.29, 1.82) is 0 Å². The topological polar surface area (TPSA) is 58.6 Å². The second-order valence-corrected chi connectivity index (χ2v) is 7.69. The van der Waals surface area contributed by atoms with Crippen LogP contribution in [0.2, 0.25) is 0 Å². The third-order valence-corrected chi connectivity index (χ3v) is 5.45. The van der Waals surface area contributed by atoms with Gasteiger partial charge in [-0.2, -0.15) is 0 Å². The van der Waals surface area contributed by atoms with Crippen LogP contribution in [-0.4, -0.2) is 46.6 Å². The summed E-state index contributed by atoms with van der Waals surface area (Å²) in [5.41, 5.74) is 0. The summed E-state index contributed by atoms with van der Waals surface area (Å²) >= 11 is 0. The van der Waals surface area contributed by atoms with E-state index in [1.807, 2.05) is 6.92 Å². The third-order valence-electron chi connectivity index (χ3n) is 4.01. The molecule has 0 spiro atoms. The van der Waals surface area contributed by atoms with Crippen LogP contribution >= 0.6 is 0 Å². The SMILES string of the molecule is CCCOc1ccc(S(=O)(=O)NCC2CCN(C)CC2)cc1. The van der Waals surface area contributed by atoms with Gasteiger partial charge in [0.25, 0.3) is 0 Å². The van der Waals surface area contributed by atoms with Crippen LogP contribution in [0, 0.1) is 5.92 Å². The summed E-state index contributed by atoms with van der Waals surface area (Å²) in [6.45, 7) is 5.27. The molecule has 1 N–H and O–H groups in total. The Bertz CT molecular complexity index is 549. The summed E-state index contributed by atoms with van der Waals surface area (Å²) in [6, 6.07) is 6.61. The minimum absolute atomic E-state index is 0.296. The first-order valence-corrected chi connectivity index (χ1v) is 9.40. The normalized spacial score (nSPS) is 17.5. The molecule has 124 valence electrons. The van der Waals surface area contributed by atoms with E-state index in [0.717, 1.165) is 32.4 Å². The molecule has 5 nitrogen and oxygen atoms in total. The summed E-state index contributed by atoms with van der Waals surface area (Å²) in [5, 5.41) is 0. The predicted molar refractivity (Wildman–Crippen MR) is 87.6 cm³/mol. The molecule has 1 heterocycles. The van der Waals surface area contributed by atoms with E-state index in [1.165, 1.54) is 0 Å². The Kier molecular flexibility index (Phi) is 6.23. The summed E-state index contributed by atoms with van der Waals surface area (Å²) in [4.78, 5) is 2.57. The van der Waals surface area contributed by atoms with Gasteiger partial charge in [0.05, 0.1) is 11.5 Å². The van der Waals surface area contributed by atoms with Gasteiger partial charge in [0.15, 0.2) is 0 Å². The minimum Gasteiger partial charge on any atom is -0.494 e. The number of piperidine rings is 1. The number of hydrogen-bond donors (Lipinski definition) is 1. The lowest BCUT2D eigenvalue weighted by molar-refractivity contribution is 0.220. The molecule has 6 heteroatoms. The van der Waals surface area contributed by atoms with E-state index in [9.17, 15) is 8.42 Å². The summed E-state index contributed by atoms with van der Waals surface area (Å²) in [6.07, 6.45) is 3.02. The van der Waals surface area contributed by atoms with Crippen LogP contribution in [0.1, 0.15) is 26.2 Å². The average Bonchev–Trinajstić information content (AvgIpc) is 2.53. The lowest BCUT2D eigenvalue weighted by Gasteiger charge is -2.28. The molecule has 1 fully saturated rings. The van der Waals surface area contributed by atoms with Gasteiger partial charge in [-0.3, -0.25) is 0 Å². The first-order chi connectivity index (χ1) is 10.5. The number of nitrogens with zero attached hydrogens (tertiary/aromatic N) is 1. The van der Waals surface area contributed by atoms with Gasteiger partial charge < -0.3 is 9.64 Å². The second-order valence-electron chi connectivity index (χ2n) is 5.92. The highest BCUT2D eigenvalue weighted by molar-refractivity contribution is 7.89. The molecule has 0 unspecified atom stereocenters. The Labute approximate surface area is 133 Å². The van der Waals surface area contributed by atoms with E-state index in [4.69, 9.17) is 4.74 Å². The van der Waals surface area contributed by atoms with Crippen molar-refractivity contribution in [2.75, 3.05) is 33.3 Å². The number of hydrogen-bond acceptors (Lipinski definition) is 4. The molecule has 0 radical (unpaired) electrons. The number of likely N-dealkylation sites (tertiary alicyclic amines) is 1. The molecule has 0 aliphatic carbocycles. The molecule has 2 rings (SSSR count). The van der Waals surface area contributed by atoms with Gasteiger partial charge in [-0.1, -0.05) is 6.92 Å². The van der Waals surface area contributed by atoms with Gasteiger partial charge in [0, 0.05) is 6.54 Å². The van der Waals surface area contributed by atoms with E-state index >= 15 is 0 Å². The zero-order valence-corrected chi connectivity index (χ0v) is 14.2. The minimum atomic E-state index is -3.43. The van der Waals surface area contributed by atoms with Gasteiger partial charge in [-0.25, -0.2) is 13.1 Å². The van der Waals surface area contributed by atoms with Crippen molar-refractivity contribution in [3.8, 4) is 5.75 Å². The van der Waals surface area contributed by atoms with E-state index in [-0.39, 0.29) is 0 Å². The summed E-state index contributed by atoms with van der Waals surface area (Å²) in [7, 11) is -1.33. The van der Waals surface area contributed by atoms with Crippen molar-refractivity contribution in [2.24, 2.45) is 5.92 Å². The fourth-order valence-corrected chi connectivity index (χ4v) is 3.63. The lowest BCUT2D eigenvalue weighted by atomic mass is 9.98. The standard InChI is InChI=1S/C16H26N2O3S/c1-3-12-21-15-4-6-16(7-5-15)22(19,20)17-13-14-8-10-18(2)11-9-14/h4-7,14,17H,3,8-13H2,1-2H3. The molecule has 1 aromatic rings. The highest BCUT2D eigenvalue weighted by Gasteiger charge is 2.20. The fraction of sp³-hybridized carbons (Fsp3) is 0.625. The highest BCUT2D eigenvalue weighted by Crippen LogP contribution is 2.18. The average molecular weight is 326 g/mol. The molecule has 0 bridgehead atoms. The van der Waals surface area contributed by atoms with Gasteiger partial charge in [0.1, 0.15) is 5.75 Å².